The number of benzene rings is 2. The summed E-state index contributed by atoms with van der Waals surface area (Å²) in [5.41, 5.74) is 2.02. The number of methoxy groups -OCH3 is 1. The van der Waals surface area contributed by atoms with Crippen LogP contribution in [0.3, 0.4) is 0 Å². The zero-order chi connectivity index (χ0) is 13.1. The van der Waals surface area contributed by atoms with Crippen molar-refractivity contribution in [2.75, 3.05) is 7.11 Å². The molecule has 3 rings (SSSR count). The summed E-state index contributed by atoms with van der Waals surface area (Å²) in [5, 5.41) is 0.775. The van der Waals surface area contributed by atoms with Crippen molar-refractivity contribution >= 4 is 32.9 Å². The van der Waals surface area contributed by atoms with E-state index in [1.807, 2.05) is 48.7 Å². The monoisotopic (exact) mass is 268 g/mol. The highest BCUT2D eigenvalue weighted by molar-refractivity contribution is 7.22. The number of hydrogen-bond acceptors (Lipinski definition) is 4. The van der Waals surface area contributed by atoms with Crippen LogP contribution in [0.4, 0.5) is 5.13 Å². The SMILES string of the molecule is COc1ccc(C=Nc2nc3ccccc3s2)cc1. The van der Waals surface area contributed by atoms with Crippen LogP contribution >= 0.6 is 11.3 Å². The Kier molecular flexibility index (Phi) is 3.25. The second-order valence-corrected chi connectivity index (χ2v) is 5.00. The van der Waals surface area contributed by atoms with Crippen molar-refractivity contribution in [3.05, 3.63) is 54.1 Å². The first kappa shape index (κ1) is 11.9. The summed E-state index contributed by atoms with van der Waals surface area (Å²) in [7, 11) is 1.66. The topological polar surface area (TPSA) is 34.5 Å². The highest BCUT2D eigenvalue weighted by atomic mass is 32.1. The van der Waals surface area contributed by atoms with E-state index in [9.17, 15) is 0 Å². The number of hydrogen-bond donors (Lipinski definition) is 0. The van der Waals surface area contributed by atoms with Crippen LogP contribution in [0.2, 0.25) is 0 Å². The molecule has 0 N–H and O–H groups in total. The summed E-state index contributed by atoms with van der Waals surface area (Å²) in [6.45, 7) is 0. The molecule has 0 saturated carbocycles. The minimum atomic E-state index is 0.775. The van der Waals surface area contributed by atoms with Crippen LogP contribution < -0.4 is 4.74 Å². The van der Waals surface area contributed by atoms with E-state index in [2.05, 4.69) is 16.0 Å². The Bertz CT molecular complexity index is 683. The lowest BCUT2D eigenvalue weighted by atomic mass is 10.2. The molecular formula is C15H12N2OS. The molecule has 0 spiro atoms. The Hall–Kier alpha value is -2.20. The second kappa shape index (κ2) is 5.20. The van der Waals surface area contributed by atoms with Crippen LogP contribution in [0.25, 0.3) is 10.2 Å². The summed E-state index contributed by atoms with van der Waals surface area (Å²) in [4.78, 5) is 8.87. The van der Waals surface area contributed by atoms with Crippen LogP contribution in [0.15, 0.2) is 53.5 Å². The predicted molar refractivity (Wildman–Crippen MR) is 79.9 cm³/mol. The molecule has 0 aliphatic rings. The fourth-order valence-corrected chi connectivity index (χ4v) is 2.55. The molecule has 0 unspecified atom stereocenters. The Morgan fingerprint density at radius 2 is 1.89 bits per heavy atom. The highest BCUT2D eigenvalue weighted by Gasteiger charge is 2.00. The minimum Gasteiger partial charge on any atom is -0.497 e. The van der Waals surface area contributed by atoms with Gasteiger partial charge in [0.2, 0.25) is 5.13 Å². The van der Waals surface area contributed by atoms with Crippen LogP contribution in [-0.4, -0.2) is 18.3 Å². The summed E-state index contributed by atoms with van der Waals surface area (Å²) < 4.78 is 6.27. The van der Waals surface area contributed by atoms with Gasteiger partial charge in [0.05, 0.1) is 17.3 Å². The number of ether oxygens (including phenoxy) is 1. The molecule has 0 radical (unpaired) electrons. The maximum Gasteiger partial charge on any atom is 0.210 e. The number of thiazole rings is 1. The van der Waals surface area contributed by atoms with Gasteiger partial charge in [0.1, 0.15) is 5.75 Å². The molecule has 3 nitrogen and oxygen atoms in total. The lowest BCUT2D eigenvalue weighted by molar-refractivity contribution is 0.415. The zero-order valence-electron chi connectivity index (χ0n) is 10.4. The van der Waals surface area contributed by atoms with Gasteiger partial charge < -0.3 is 4.74 Å². The summed E-state index contributed by atoms with van der Waals surface area (Å²) in [6.07, 6.45) is 1.82. The third kappa shape index (κ3) is 2.63. The Morgan fingerprint density at radius 1 is 1.11 bits per heavy atom. The van der Waals surface area contributed by atoms with Crippen LogP contribution in [0.5, 0.6) is 5.75 Å². The lowest BCUT2D eigenvalue weighted by Crippen LogP contribution is -1.84. The molecule has 0 amide bonds. The molecule has 3 aromatic rings. The summed E-state index contributed by atoms with van der Waals surface area (Å²) in [5.74, 6) is 0.845. The lowest BCUT2D eigenvalue weighted by Gasteiger charge is -1.98. The number of fused-ring (bicyclic) bond motifs is 1. The van der Waals surface area contributed by atoms with E-state index < -0.39 is 0 Å². The quantitative estimate of drug-likeness (QED) is 0.671. The fraction of sp³-hybridized carbons (Fsp3) is 0.0667. The molecule has 0 saturated heterocycles. The van der Waals surface area contributed by atoms with E-state index in [0.717, 1.165) is 26.7 Å². The number of nitrogens with zero attached hydrogens (tertiary/aromatic N) is 2. The average Bonchev–Trinajstić information content (AvgIpc) is 2.88. The first-order valence-electron chi connectivity index (χ1n) is 5.89. The van der Waals surface area contributed by atoms with E-state index in [0.29, 0.717) is 0 Å². The molecule has 1 heterocycles. The van der Waals surface area contributed by atoms with Crippen molar-refractivity contribution in [1.29, 1.82) is 0 Å². The van der Waals surface area contributed by atoms with Crippen molar-refractivity contribution in [3.8, 4) is 5.75 Å². The van der Waals surface area contributed by atoms with Gasteiger partial charge in [-0.15, -0.1) is 0 Å². The highest BCUT2D eigenvalue weighted by Crippen LogP contribution is 2.27. The predicted octanol–water partition coefficient (Wildman–Crippen LogP) is 4.06. The van der Waals surface area contributed by atoms with Crippen molar-refractivity contribution < 1.29 is 4.74 Å². The Morgan fingerprint density at radius 3 is 2.63 bits per heavy atom. The van der Waals surface area contributed by atoms with Gasteiger partial charge in [-0.05, 0) is 42.0 Å². The van der Waals surface area contributed by atoms with E-state index in [4.69, 9.17) is 4.74 Å². The van der Waals surface area contributed by atoms with Gasteiger partial charge in [0.15, 0.2) is 0 Å². The largest absolute Gasteiger partial charge is 0.497 e. The smallest absolute Gasteiger partial charge is 0.210 e. The maximum absolute atomic E-state index is 5.12. The maximum atomic E-state index is 5.12. The standard InChI is InChI=1S/C15H12N2OS/c1-18-12-8-6-11(7-9-12)10-16-15-17-13-4-2-3-5-14(13)19-15/h2-10H,1H3. The van der Waals surface area contributed by atoms with Gasteiger partial charge in [-0.2, -0.15) is 0 Å². The molecule has 0 aliphatic heterocycles. The third-order valence-electron chi connectivity index (χ3n) is 2.72. The molecule has 2 aromatic carbocycles. The van der Waals surface area contributed by atoms with Crippen molar-refractivity contribution in [2.45, 2.75) is 0 Å². The molecule has 1 aromatic heterocycles. The van der Waals surface area contributed by atoms with Crippen LogP contribution in [-0.2, 0) is 0 Å². The van der Waals surface area contributed by atoms with E-state index >= 15 is 0 Å². The molecule has 0 fully saturated rings. The zero-order valence-corrected chi connectivity index (χ0v) is 11.2. The molecule has 0 bridgehead atoms. The van der Waals surface area contributed by atoms with Crippen molar-refractivity contribution in [3.63, 3.8) is 0 Å². The normalized spacial score (nSPS) is 11.2. The second-order valence-electron chi connectivity index (χ2n) is 4.00. The first-order chi connectivity index (χ1) is 9.35. The molecule has 19 heavy (non-hydrogen) atoms. The molecule has 94 valence electrons. The molecule has 0 aliphatic carbocycles. The van der Waals surface area contributed by atoms with Gasteiger partial charge in [-0.25, -0.2) is 9.98 Å². The van der Waals surface area contributed by atoms with Crippen LogP contribution in [0, 0.1) is 0 Å². The van der Waals surface area contributed by atoms with E-state index in [1.165, 1.54) is 0 Å². The van der Waals surface area contributed by atoms with Gasteiger partial charge in [-0.3, -0.25) is 0 Å². The molecule has 4 heteroatoms. The van der Waals surface area contributed by atoms with Gasteiger partial charge >= 0.3 is 0 Å². The minimum absolute atomic E-state index is 0.775. The Labute approximate surface area is 115 Å². The summed E-state index contributed by atoms with van der Waals surface area (Å²) >= 11 is 1.59. The van der Waals surface area contributed by atoms with Gasteiger partial charge in [0.25, 0.3) is 0 Å². The van der Waals surface area contributed by atoms with Gasteiger partial charge in [-0.1, -0.05) is 23.5 Å². The van der Waals surface area contributed by atoms with E-state index in [1.54, 1.807) is 18.4 Å². The van der Waals surface area contributed by atoms with Crippen molar-refractivity contribution in [1.82, 2.24) is 4.98 Å². The first-order valence-corrected chi connectivity index (χ1v) is 6.70. The molecular weight excluding hydrogens is 256 g/mol. The van der Waals surface area contributed by atoms with E-state index in [-0.39, 0.29) is 0 Å². The van der Waals surface area contributed by atoms with Gasteiger partial charge in [0, 0.05) is 6.21 Å². The summed E-state index contributed by atoms with van der Waals surface area (Å²) in [6, 6.07) is 15.8. The fourth-order valence-electron chi connectivity index (χ4n) is 1.73. The third-order valence-corrected chi connectivity index (χ3v) is 3.67. The number of rotatable bonds is 3. The van der Waals surface area contributed by atoms with Crippen LogP contribution in [0.1, 0.15) is 5.56 Å². The molecule has 0 atom stereocenters. The average molecular weight is 268 g/mol. The van der Waals surface area contributed by atoms with Crippen molar-refractivity contribution in [2.24, 2.45) is 4.99 Å². The number of para-hydroxylation sites is 1. The Balaban J connectivity index is 1.84. The number of aliphatic imine (C=N–C) groups is 1. The number of aromatic nitrogens is 1.